The number of rotatable bonds is 19. The molecule has 9 rings (SSSR count). The first-order valence-corrected chi connectivity index (χ1v) is 37.4. The third kappa shape index (κ3) is 24.5. The summed E-state index contributed by atoms with van der Waals surface area (Å²) >= 11 is 5.35. The fraction of sp³-hybridized carbons (Fsp3) is 0.347. The van der Waals surface area contributed by atoms with Crippen LogP contribution in [0, 0.1) is 20.8 Å². The van der Waals surface area contributed by atoms with Crippen LogP contribution < -0.4 is 9.44 Å². The van der Waals surface area contributed by atoms with Crippen LogP contribution in [0.4, 0.5) is 49.1 Å². The predicted octanol–water partition coefficient (Wildman–Crippen LogP) is 15.8. The standard InChI is InChI=1S/C25H28F3N3O4S.C22H22F3N3O4S.C21H23F3N4O2S.C4H10ClN/c1-6-15-30(23(32)35-24(3,4)5)36(33,34)20-13-11-19(12-14-20)31-21(16-22(29-31)25(26,27)28)18-9-7-17(2)8-10-18;1-14-5-7-15(8-6-14)18-13-19(22(23,24)25)26-28(18)16-9-11-17(12-10-16)33(30,31)27-20(29)32-21(2,3)4;1-15-4-6-16(7-5-15)19-14-20(21(22,23)24)26-28(19)17-8-10-18(11-9-17)31(29,30)25-12-13-27(2)3;1-6(2)4-3-5/h7-14,16H,6,15H2,1-5H3;5-13H,1-4H3,(H,27,29);4-11,14,25H,12-13H2,1-3H3;3-4H2,1-2H3. The lowest BCUT2D eigenvalue weighted by Gasteiger charge is -2.26. The van der Waals surface area contributed by atoms with Crippen molar-refractivity contribution >= 4 is 53.9 Å². The van der Waals surface area contributed by atoms with Crippen LogP contribution in [0.5, 0.6) is 0 Å². The van der Waals surface area contributed by atoms with E-state index in [1.54, 1.807) is 126 Å². The van der Waals surface area contributed by atoms with Crippen LogP contribution in [0.2, 0.25) is 0 Å². The number of hydrogen-bond acceptors (Lipinski definition) is 15. The molecule has 0 aliphatic rings. The molecule has 0 saturated heterocycles. The Balaban J connectivity index is 0.000000240. The van der Waals surface area contributed by atoms with E-state index in [0.717, 1.165) is 68.8 Å². The van der Waals surface area contributed by atoms with E-state index >= 15 is 0 Å². The van der Waals surface area contributed by atoms with Crippen molar-refractivity contribution in [3.8, 4) is 50.8 Å². The molecule has 106 heavy (non-hydrogen) atoms. The molecule has 0 unspecified atom stereocenters. The summed E-state index contributed by atoms with van der Waals surface area (Å²) in [4.78, 5) is 27.9. The molecule has 0 saturated carbocycles. The van der Waals surface area contributed by atoms with E-state index in [-0.39, 0.29) is 56.2 Å². The summed E-state index contributed by atoms with van der Waals surface area (Å²) in [7, 11) is -4.59. The van der Waals surface area contributed by atoms with Crippen LogP contribution in [0.25, 0.3) is 50.8 Å². The van der Waals surface area contributed by atoms with Crippen molar-refractivity contribution in [1.82, 2.24) is 52.9 Å². The first kappa shape index (κ1) is 85.8. The Morgan fingerprint density at radius 2 is 0.764 bits per heavy atom. The Hall–Kier alpha value is -9.12. The first-order chi connectivity index (χ1) is 49.0. The molecule has 21 nitrogen and oxygen atoms in total. The van der Waals surface area contributed by atoms with Crippen LogP contribution in [0.15, 0.2) is 178 Å². The molecular weight excluding hydrogens is 1480 g/mol. The van der Waals surface area contributed by atoms with Crippen LogP contribution in [0.3, 0.4) is 0 Å². The maximum Gasteiger partial charge on any atom is 0.435 e. The second-order valence-electron chi connectivity index (χ2n) is 26.4. The number of benzene rings is 6. The molecule has 0 atom stereocenters. The Morgan fingerprint density at radius 1 is 0.453 bits per heavy atom. The highest BCUT2D eigenvalue weighted by Gasteiger charge is 2.39. The van der Waals surface area contributed by atoms with E-state index < -0.39 is 89.1 Å². The second-order valence-corrected chi connectivity index (χ2v) is 32.1. The molecule has 2 N–H and O–H groups in total. The predicted molar refractivity (Wildman–Crippen MR) is 386 cm³/mol. The number of carbonyl (C=O) groups is 2. The summed E-state index contributed by atoms with van der Waals surface area (Å²) in [5, 5.41) is 11.1. The normalized spacial score (nSPS) is 12.3. The van der Waals surface area contributed by atoms with Crippen LogP contribution in [0.1, 0.15) is 88.7 Å². The minimum atomic E-state index is -4.66. The number of nitrogens with zero attached hydrogens (tertiary/aromatic N) is 9. The van der Waals surface area contributed by atoms with E-state index in [4.69, 9.17) is 21.1 Å². The number of carbonyl (C=O) groups excluding carboxylic acids is 2. The van der Waals surface area contributed by atoms with Gasteiger partial charge in [-0.05, 0) is 188 Å². The number of sulfonamides is 3. The van der Waals surface area contributed by atoms with Crippen molar-refractivity contribution in [2.45, 2.75) is 120 Å². The van der Waals surface area contributed by atoms with Crippen LogP contribution in [-0.2, 0) is 58.1 Å². The van der Waals surface area contributed by atoms with E-state index in [1.807, 2.05) is 58.8 Å². The molecule has 0 bridgehead atoms. The molecule has 3 heterocycles. The van der Waals surface area contributed by atoms with Gasteiger partial charge in [0, 0.05) is 48.7 Å². The van der Waals surface area contributed by atoms with Crippen molar-refractivity contribution in [2.75, 3.05) is 60.2 Å². The minimum Gasteiger partial charge on any atom is -0.443 e. The van der Waals surface area contributed by atoms with Gasteiger partial charge in [0.15, 0.2) is 17.1 Å². The fourth-order valence-corrected chi connectivity index (χ4v) is 12.9. The molecule has 574 valence electrons. The minimum absolute atomic E-state index is 0.0232. The van der Waals surface area contributed by atoms with Crippen LogP contribution >= 0.6 is 11.6 Å². The third-order valence-electron chi connectivity index (χ3n) is 14.5. The average molecular weight is 1570 g/mol. The molecular formula is C72H83ClF9N11O10S3. The van der Waals surface area contributed by atoms with Crippen molar-refractivity contribution in [2.24, 2.45) is 0 Å². The molecule has 2 amide bonds. The molecule has 3 aromatic heterocycles. The lowest BCUT2D eigenvalue weighted by Crippen LogP contribution is -2.41. The quantitative estimate of drug-likeness (QED) is 0.0565. The van der Waals surface area contributed by atoms with Gasteiger partial charge in [-0.15, -0.1) is 11.6 Å². The zero-order chi connectivity index (χ0) is 79.3. The number of likely N-dealkylation sites (N-methyl/N-ethyl adjacent to an activating group) is 1. The van der Waals surface area contributed by atoms with Gasteiger partial charge in [0.2, 0.25) is 10.0 Å². The van der Waals surface area contributed by atoms with E-state index in [0.29, 0.717) is 39.6 Å². The first-order valence-electron chi connectivity index (χ1n) is 32.4. The maximum absolute atomic E-state index is 13.4. The number of halogens is 10. The Morgan fingerprint density at radius 3 is 1.04 bits per heavy atom. The molecule has 34 heteroatoms. The largest absolute Gasteiger partial charge is 0.443 e. The Bertz CT molecular complexity index is 4770. The maximum atomic E-state index is 13.4. The topological polar surface area (TPSA) is 242 Å². The number of hydrogen-bond donors (Lipinski definition) is 2. The Kier molecular flexibility index (Phi) is 28.4. The molecule has 6 aromatic carbocycles. The van der Waals surface area contributed by atoms with E-state index in [1.165, 1.54) is 65.3 Å². The van der Waals surface area contributed by atoms with Gasteiger partial charge in [-0.25, -0.2) is 62.6 Å². The average Bonchev–Trinajstić information content (AvgIpc) is 1.61. The fourth-order valence-electron chi connectivity index (χ4n) is 9.31. The van der Waals surface area contributed by atoms with E-state index in [2.05, 4.69) is 20.0 Å². The lowest BCUT2D eigenvalue weighted by atomic mass is 10.1. The Labute approximate surface area is 616 Å². The smallest absolute Gasteiger partial charge is 0.435 e. The number of amides is 2. The van der Waals surface area contributed by atoms with Crippen molar-refractivity contribution in [3.05, 3.63) is 198 Å². The monoisotopic (exact) mass is 1560 g/mol. The molecule has 0 spiro atoms. The molecule has 0 fully saturated rings. The molecule has 9 aromatic rings. The second kappa shape index (κ2) is 35.1. The van der Waals surface area contributed by atoms with Gasteiger partial charge in [-0.2, -0.15) is 54.8 Å². The highest BCUT2D eigenvalue weighted by Crippen LogP contribution is 2.37. The van der Waals surface area contributed by atoms with Crippen LogP contribution in [-0.4, -0.2) is 152 Å². The van der Waals surface area contributed by atoms with Gasteiger partial charge >= 0.3 is 30.7 Å². The van der Waals surface area contributed by atoms with E-state index in [9.17, 15) is 74.4 Å². The molecule has 0 aliphatic heterocycles. The zero-order valence-corrected chi connectivity index (χ0v) is 63.6. The van der Waals surface area contributed by atoms with Gasteiger partial charge in [-0.3, -0.25) is 0 Å². The summed E-state index contributed by atoms with van der Waals surface area (Å²) in [6.45, 7) is 18.6. The number of nitrogens with one attached hydrogen (secondary N) is 2. The van der Waals surface area contributed by atoms with Crippen molar-refractivity contribution < 1.29 is 83.8 Å². The lowest BCUT2D eigenvalue weighted by molar-refractivity contribution is -0.142. The van der Waals surface area contributed by atoms with Crippen molar-refractivity contribution in [1.29, 1.82) is 0 Å². The number of aromatic nitrogens is 6. The van der Waals surface area contributed by atoms with Crippen molar-refractivity contribution in [3.63, 3.8) is 0 Å². The van der Waals surface area contributed by atoms with Gasteiger partial charge in [-0.1, -0.05) is 96.4 Å². The number of alkyl halides is 10. The summed E-state index contributed by atoms with van der Waals surface area (Å²) in [5.74, 6) is 0.729. The molecule has 0 aliphatic carbocycles. The summed E-state index contributed by atoms with van der Waals surface area (Å²) in [6, 6.07) is 39.3. The van der Waals surface area contributed by atoms with Gasteiger partial charge in [0.05, 0.1) is 48.8 Å². The number of aryl methyl sites for hydroxylation is 3. The SMILES string of the molecule is CCCN(C(=O)OC(C)(C)C)S(=O)(=O)c1ccc(-n2nc(C(F)(F)F)cc2-c2ccc(C)cc2)cc1.CN(C)CCCl.Cc1ccc(-c2cc(C(F)(F)F)nn2-c2ccc(S(=O)(=O)NC(=O)OC(C)(C)C)cc2)cc1.Cc1ccc(-c2cc(C(F)(F)F)nn2-c2ccc(S(=O)(=O)NCCN(C)C)cc2)cc1. The highest BCUT2D eigenvalue weighted by molar-refractivity contribution is 7.90. The highest BCUT2D eigenvalue weighted by atomic mass is 35.5. The number of ether oxygens (including phenoxy) is 2. The summed E-state index contributed by atoms with van der Waals surface area (Å²) in [6.07, 6.45) is -15.7. The van der Waals surface area contributed by atoms with Gasteiger partial charge in [0.25, 0.3) is 20.0 Å². The summed E-state index contributed by atoms with van der Waals surface area (Å²) in [5.41, 5.74) is 0.845. The zero-order valence-electron chi connectivity index (χ0n) is 60.4. The molecule has 0 radical (unpaired) electrons. The van der Waals surface area contributed by atoms with Gasteiger partial charge in [0.1, 0.15) is 11.2 Å². The third-order valence-corrected chi connectivity index (χ3v) is 19.3. The summed E-state index contributed by atoms with van der Waals surface area (Å²) < 4.78 is 215. The van der Waals surface area contributed by atoms with Gasteiger partial charge < -0.3 is 19.3 Å².